The normalized spacial score (nSPS) is 12.3. The van der Waals surface area contributed by atoms with E-state index >= 15 is 0 Å². The first-order valence-corrected chi connectivity index (χ1v) is 7.83. The number of allylic oxidation sites excluding steroid dienone is 6. The van der Waals surface area contributed by atoms with Crippen molar-refractivity contribution in [1.82, 2.24) is 0 Å². The van der Waals surface area contributed by atoms with Crippen LogP contribution in [0, 0.1) is 0 Å². The van der Waals surface area contributed by atoms with Crippen molar-refractivity contribution in [3.05, 3.63) is 36.5 Å². The molecule has 0 saturated heterocycles. The molecule has 0 unspecified atom stereocenters. The summed E-state index contributed by atoms with van der Waals surface area (Å²) >= 11 is 0. The van der Waals surface area contributed by atoms with Gasteiger partial charge in [-0.25, -0.2) is 0 Å². The molecule has 0 aromatic heterocycles. The molecule has 0 bridgehead atoms. The predicted octanol–water partition coefficient (Wildman–Crippen LogP) is 6.60. The van der Waals surface area contributed by atoms with Gasteiger partial charge in [0.2, 0.25) is 0 Å². The second-order valence-electron chi connectivity index (χ2n) is 4.88. The fourth-order valence-electron chi connectivity index (χ4n) is 1.89. The highest BCUT2D eigenvalue weighted by Crippen LogP contribution is 2.05. The number of hydrogen-bond acceptors (Lipinski definition) is 0. The first-order valence-electron chi connectivity index (χ1n) is 7.83. The minimum absolute atomic E-state index is 1.12. The lowest BCUT2D eigenvalue weighted by atomic mass is 10.1. The summed E-state index contributed by atoms with van der Waals surface area (Å²) in [7, 11) is 0. The molecule has 18 heavy (non-hydrogen) atoms. The Bertz CT molecular complexity index is 220. The number of hydrogen-bond donors (Lipinski definition) is 0. The Morgan fingerprint density at radius 2 is 1.17 bits per heavy atom. The van der Waals surface area contributed by atoms with Crippen molar-refractivity contribution < 1.29 is 0 Å². The van der Waals surface area contributed by atoms with Crippen molar-refractivity contribution in [2.45, 2.75) is 78.1 Å². The summed E-state index contributed by atoms with van der Waals surface area (Å²) in [6, 6.07) is 0. The van der Waals surface area contributed by atoms with Crippen LogP contribution in [0.2, 0.25) is 0 Å². The third-order valence-electron chi connectivity index (χ3n) is 3.06. The molecule has 0 amide bonds. The van der Waals surface area contributed by atoms with Crippen LogP contribution in [0.4, 0.5) is 0 Å². The third kappa shape index (κ3) is 15.2. The number of unbranched alkanes of at least 4 members (excludes halogenated alkanes) is 7. The van der Waals surface area contributed by atoms with Gasteiger partial charge in [0.1, 0.15) is 0 Å². The summed E-state index contributed by atoms with van der Waals surface area (Å²) in [6.07, 6.45) is 26.6. The lowest BCUT2D eigenvalue weighted by Crippen LogP contribution is -1.74. The van der Waals surface area contributed by atoms with Crippen LogP contribution in [0.15, 0.2) is 36.5 Å². The summed E-state index contributed by atoms with van der Waals surface area (Å²) in [5.74, 6) is 0. The Balaban J connectivity index is 3.17. The molecule has 0 radical (unpaired) electrons. The highest BCUT2D eigenvalue weighted by molar-refractivity contribution is 4.92. The summed E-state index contributed by atoms with van der Waals surface area (Å²) in [5, 5.41) is 0. The zero-order valence-corrected chi connectivity index (χ0v) is 12.5. The average molecular weight is 248 g/mol. The molecule has 0 aromatic rings. The zero-order valence-electron chi connectivity index (χ0n) is 12.5. The Hall–Kier alpha value is -0.780. The molecule has 0 aliphatic carbocycles. The molecule has 0 atom stereocenters. The van der Waals surface area contributed by atoms with Crippen molar-refractivity contribution in [3.63, 3.8) is 0 Å². The summed E-state index contributed by atoms with van der Waals surface area (Å²) in [6.45, 7) is 4.35. The summed E-state index contributed by atoms with van der Waals surface area (Å²) < 4.78 is 0. The molecule has 0 saturated carbocycles. The molecule has 0 rings (SSSR count). The van der Waals surface area contributed by atoms with Gasteiger partial charge >= 0.3 is 0 Å². The Morgan fingerprint density at radius 3 is 1.72 bits per heavy atom. The standard InChI is InChI=1S/C18H32/c1-3-5-7-9-11-13-15-17-18-16-14-12-10-8-6-4-2/h3,5,12,14,17-18H,4,6-11,13,15-16H2,1-2H3/b5-3+,14-12-,18-17-. The molecule has 0 heteroatoms. The molecule has 0 heterocycles. The molecule has 104 valence electrons. The molecule has 0 nitrogen and oxygen atoms in total. The minimum Gasteiger partial charge on any atom is -0.0917 e. The van der Waals surface area contributed by atoms with Gasteiger partial charge in [0.25, 0.3) is 0 Å². The van der Waals surface area contributed by atoms with E-state index in [4.69, 9.17) is 0 Å². The first kappa shape index (κ1) is 17.2. The fraction of sp³-hybridized carbons (Fsp3) is 0.667. The highest BCUT2D eigenvalue weighted by Gasteiger charge is 1.85. The largest absolute Gasteiger partial charge is 0.0917 e. The van der Waals surface area contributed by atoms with Gasteiger partial charge in [-0.2, -0.15) is 0 Å². The molecular formula is C18H32. The van der Waals surface area contributed by atoms with Gasteiger partial charge in [-0.15, -0.1) is 0 Å². The number of rotatable bonds is 12. The van der Waals surface area contributed by atoms with E-state index in [1.807, 2.05) is 0 Å². The van der Waals surface area contributed by atoms with Crippen molar-refractivity contribution in [2.24, 2.45) is 0 Å². The van der Waals surface area contributed by atoms with Crippen LogP contribution in [0.25, 0.3) is 0 Å². The minimum atomic E-state index is 1.12. The third-order valence-corrected chi connectivity index (χ3v) is 3.06. The lowest BCUT2D eigenvalue weighted by Gasteiger charge is -1.94. The fourth-order valence-corrected chi connectivity index (χ4v) is 1.89. The molecule has 0 aromatic carbocycles. The van der Waals surface area contributed by atoms with Crippen molar-refractivity contribution in [1.29, 1.82) is 0 Å². The van der Waals surface area contributed by atoms with Gasteiger partial charge in [-0.05, 0) is 51.9 Å². The summed E-state index contributed by atoms with van der Waals surface area (Å²) in [4.78, 5) is 0. The van der Waals surface area contributed by atoms with Crippen LogP contribution in [0.1, 0.15) is 78.1 Å². The van der Waals surface area contributed by atoms with E-state index in [-0.39, 0.29) is 0 Å². The van der Waals surface area contributed by atoms with E-state index in [2.05, 4.69) is 50.3 Å². The molecule has 0 fully saturated rings. The smallest absolute Gasteiger partial charge is 0.0169 e. The average Bonchev–Trinajstić information content (AvgIpc) is 2.39. The van der Waals surface area contributed by atoms with Gasteiger partial charge in [0.05, 0.1) is 0 Å². The second-order valence-corrected chi connectivity index (χ2v) is 4.88. The lowest BCUT2D eigenvalue weighted by molar-refractivity contribution is 0.695. The quantitative estimate of drug-likeness (QED) is 0.270. The Morgan fingerprint density at radius 1 is 0.611 bits per heavy atom. The van der Waals surface area contributed by atoms with Crippen molar-refractivity contribution in [2.75, 3.05) is 0 Å². The van der Waals surface area contributed by atoms with Crippen LogP contribution in [-0.2, 0) is 0 Å². The highest BCUT2D eigenvalue weighted by atomic mass is 13.9. The second kappa shape index (κ2) is 16.2. The van der Waals surface area contributed by atoms with E-state index in [9.17, 15) is 0 Å². The monoisotopic (exact) mass is 248 g/mol. The molecule has 0 spiro atoms. The maximum absolute atomic E-state index is 2.34. The van der Waals surface area contributed by atoms with E-state index in [0.717, 1.165) is 6.42 Å². The van der Waals surface area contributed by atoms with Gasteiger partial charge in [-0.3, -0.25) is 0 Å². The first-order chi connectivity index (χ1) is 8.91. The topological polar surface area (TPSA) is 0 Å². The SMILES string of the molecule is C/C=C/CCCCC/C=C\C/C=C\CCCCC. The van der Waals surface area contributed by atoms with E-state index < -0.39 is 0 Å². The van der Waals surface area contributed by atoms with Crippen molar-refractivity contribution in [3.8, 4) is 0 Å². The Labute approximate surface area is 115 Å². The van der Waals surface area contributed by atoms with Crippen LogP contribution < -0.4 is 0 Å². The zero-order chi connectivity index (χ0) is 13.3. The molecule has 0 aliphatic heterocycles. The molecule has 0 aliphatic rings. The van der Waals surface area contributed by atoms with Crippen LogP contribution in [0.3, 0.4) is 0 Å². The Kier molecular flexibility index (Phi) is 15.5. The van der Waals surface area contributed by atoms with Gasteiger partial charge in [-0.1, -0.05) is 62.6 Å². The summed E-state index contributed by atoms with van der Waals surface area (Å²) in [5.41, 5.74) is 0. The van der Waals surface area contributed by atoms with E-state index in [1.54, 1.807) is 0 Å². The molecular weight excluding hydrogens is 216 g/mol. The van der Waals surface area contributed by atoms with E-state index in [1.165, 1.54) is 57.8 Å². The van der Waals surface area contributed by atoms with Crippen LogP contribution in [-0.4, -0.2) is 0 Å². The van der Waals surface area contributed by atoms with Crippen molar-refractivity contribution >= 4 is 0 Å². The molecule has 0 N–H and O–H groups in total. The predicted molar refractivity (Wildman–Crippen MR) is 84.9 cm³/mol. The van der Waals surface area contributed by atoms with Gasteiger partial charge < -0.3 is 0 Å². The van der Waals surface area contributed by atoms with Gasteiger partial charge in [0.15, 0.2) is 0 Å². The van der Waals surface area contributed by atoms with Gasteiger partial charge in [0, 0.05) is 0 Å². The van der Waals surface area contributed by atoms with Crippen LogP contribution >= 0.6 is 0 Å². The van der Waals surface area contributed by atoms with E-state index in [0.29, 0.717) is 0 Å². The maximum atomic E-state index is 2.34. The van der Waals surface area contributed by atoms with Crippen LogP contribution in [0.5, 0.6) is 0 Å². The maximum Gasteiger partial charge on any atom is -0.0169 e.